The van der Waals surface area contributed by atoms with E-state index in [0.29, 0.717) is 18.8 Å². The Kier molecular flexibility index (Phi) is 7.13. The Hall–Kier alpha value is -0.770. The Morgan fingerprint density at radius 2 is 1.87 bits per heavy atom. The first-order valence-corrected chi connectivity index (χ1v) is 5.63. The lowest BCUT2D eigenvalue weighted by molar-refractivity contribution is -0.124. The molecule has 88 valence electrons. The van der Waals surface area contributed by atoms with Gasteiger partial charge in [-0.2, -0.15) is 0 Å². The maximum absolute atomic E-state index is 11.3. The highest BCUT2D eigenvalue weighted by Gasteiger charge is 2.11. The van der Waals surface area contributed by atoms with Crippen molar-refractivity contribution in [3.63, 3.8) is 0 Å². The first kappa shape index (κ1) is 14.2. The van der Waals surface area contributed by atoms with Crippen molar-refractivity contribution in [1.29, 1.82) is 0 Å². The van der Waals surface area contributed by atoms with Gasteiger partial charge < -0.3 is 10.6 Å². The summed E-state index contributed by atoms with van der Waals surface area (Å²) in [5.41, 5.74) is 0. The van der Waals surface area contributed by atoms with Gasteiger partial charge in [-0.1, -0.05) is 6.92 Å². The monoisotopic (exact) mass is 234 g/mol. The summed E-state index contributed by atoms with van der Waals surface area (Å²) in [4.78, 5) is 22.4. The van der Waals surface area contributed by atoms with Gasteiger partial charge in [-0.3, -0.25) is 9.59 Å². The van der Waals surface area contributed by atoms with Crippen LogP contribution >= 0.6 is 11.6 Å². The van der Waals surface area contributed by atoms with E-state index in [1.807, 2.05) is 13.8 Å². The van der Waals surface area contributed by atoms with E-state index in [1.165, 1.54) is 0 Å². The third-order valence-corrected chi connectivity index (χ3v) is 2.24. The van der Waals surface area contributed by atoms with E-state index in [-0.39, 0.29) is 23.8 Å². The highest BCUT2D eigenvalue weighted by molar-refractivity contribution is 6.19. The molecular weight excluding hydrogens is 216 g/mol. The van der Waals surface area contributed by atoms with Crippen molar-refractivity contribution >= 4 is 23.4 Å². The molecule has 0 aliphatic rings. The van der Waals surface area contributed by atoms with E-state index in [2.05, 4.69) is 10.6 Å². The van der Waals surface area contributed by atoms with Crippen molar-refractivity contribution in [2.45, 2.75) is 33.2 Å². The predicted octanol–water partition coefficient (Wildman–Crippen LogP) is 0.892. The van der Waals surface area contributed by atoms with Crippen LogP contribution in [0.2, 0.25) is 0 Å². The second kappa shape index (κ2) is 7.51. The quantitative estimate of drug-likeness (QED) is 0.671. The maximum atomic E-state index is 11.3. The molecule has 1 atom stereocenters. The van der Waals surface area contributed by atoms with E-state index in [4.69, 9.17) is 11.6 Å². The van der Waals surface area contributed by atoms with Gasteiger partial charge in [0.2, 0.25) is 11.8 Å². The summed E-state index contributed by atoms with van der Waals surface area (Å²) in [6.07, 6.45) is 0.304. The third kappa shape index (κ3) is 7.19. The lowest BCUT2D eigenvalue weighted by Crippen LogP contribution is -2.36. The molecule has 0 aromatic rings. The van der Waals surface area contributed by atoms with Crippen LogP contribution in [0.25, 0.3) is 0 Å². The van der Waals surface area contributed by atoms with E-state index < -0.39 is 0 Å². The van der Waals surface area contributed by atoms with Gasteiger partial charge in [0, 0.05) is 30.8 Å². The number of rotatable bonds is 6. The summed E-state index contributed by atoms with van der Waals surface area (Å²) in [6.45, 7) is 5.90. The molecule has 0 saturated heterocycles. The third-order valence-electron chi connectivity index (χ3n) is 1.78. The molecule has 0 spiro atoms. The fraction of sp³-hybridized carbons (Fsp3) is 0.800. The highest BCUT2D eigenvalue weighted by Crippen LogP contribution is 1.97. The van der Waals surface area contributed by atoms with Crippen molar-refractivity contribution in [3.8, 4) is 0 Å². The average molecular weight is 235 g/mol. The van der Waals surface area contributed by atoms with Gasteiger partial charge in [-0.05, 0) is 13.8 Å². The zero-order chi connectivity index (χ0) is 11.8. The normalized spacial score (nSPS) is 12.3. The van der Waals surface area contributed by atoms with Crippen LogP contribution in [0.1, 0.15) is 27.2 Å². The first-order valence-electron chi connectivity index (χ1n) is 5.10. The van der Waals surface area contributed by atoms with Gasteiger partial charge in [0.05, 0.1) is 0 Å². The summed E-state index contributed by atoms with van der Waals surface area (Å²) in [5, 5.41) is 5.40. The Balaban J connectivity index is 3.61. The molecular formula is C10H19ClN2O2. The summed E-state index contributed by atoms with van der Waals surface area (Å²) < 4.78 is 0. The Labute approximate surface area is 95.7 Å². The minimum absolute atomic E-state index is 0.0520. The maximum Gasteiger partial charge on any atom is 0.224 e. The van der Waals surface area contributed by atoms with Gasteiger partial charge in [0.15, 0.2) is 0 Å². The first-order chi connectivity index (χ1) is 6.97. The van der Waals surface area contributed by atoms with E-state index in [9.17, 15) is 9.59 Å². The van der Waals surface area contributed by atoms with Crippen LogP contribution < -0.4 is 10.6 Å². The Bertz CT molecular complexity index is 219. The summed E-state index contributed by atoms with van der Waals surface area (Å²) >= 11 is 5.52. The molecule has 2 N–H and O–H groups in total. The molecule has 0 heterocycles. The molecule has 0 fully saturated rings. The van der Waals surface area contributed by atoms with Crippen LogP contribution in [-0.4, -0.2) is 30.3 Å². The minimum Gasteiger partial charge on any atom is -0.355 e. The minimum atomic E-state index is -0.208. The number of halogens is 1. The van der Waals surface area contributed by atoms with Crippen molar-refractivity contribution in [1.82, 2.24) is 10.6 Å². The number of hydrogen-bond acceptors (Lipinski definition) is 2. The molecule has 4 nitrogen and oxygen atoms in total. The molecule has 0 rings (SSSR count). The van der Waals surface area contributed by atoms with Gasteiger partial charge in [0.25, 0.3) is 0 Å². The van der Waals surface area contributed by atoms with Crippen molar-refractivity contribution < 1.29 is 9.59 Å². The highest BCUT2D eigenvalue weighted by atomic mass is 35.5. The van der Waals surface area contributed by atoms with Crippen LogP contribution in [-0.2, 0) is 9.59 Å². The number of nitrogens with one attached hydrogen (secondary N) is 2. The van der Waals surface area contributed by atoms with Crippen molar-refractivity contribution in [3.05, 3.63) is 0 Å². The number of hydrogen-bond donors (Lipinski definition) is 2. The molecule has 0 bridgehead atoms. The van der Waals surface area contributed by atoms with Crippen molar-refractivity contribution in [2.75, 3.05) is 12.4 Å². The standard InChI is InChI=1S/C10H19ClN2O2/c1-7(2)13-9(14)4-5-12-10(15)8(3)6-11/h7-8H,4-6H2,1-3H3,(H,12,15)(H,13,14). The SMILES string of the molecule is CC(C)NC(=O)CCNC(=O)C(C)CCl. The van der Waals surface area contributed by atoms with Crippen LogP contribution in [0, 0.1) is 5.92 Å². The lowest BCUT2D eigenvalue weighted by Gasteiger charge is -2.10. The van der Waals surface area contributed by atoms with Crippen LogP contribution in [0.3, 0.4) is 0 Å². The smallest absolute Gasteiger partial charge is 0.224 e. The molecule has 0 aromatic heterocycles. The molecule has 15 heavy (non-hydrogen) atoms. The molecule has 0 saturated carbocycles. The molecule has 0 aliphatic carbocycles. The Morgan fingerprint density at radius 3 is 2.33 bits per heavy atom. The lowest BCUT2D eigenvalue weighted by atomic mass is 10.2. The van der Waals surface area contributed by atoms with Gasteiger partial charge in [-0.25, -0.2) is 0 Å². The fourth-order valence-electron chi connectivity index (χ4n) is 0.938. The molecule has 0 aromatic carbocycles. The zero-order valence-electron chi connectivity index (χ0n) is 9.47. The molecule has 0 radical (unpaired) electrons. The van der Waals surface area contributed by atoms with Gasteiger partial charge in [-0.15, -0.1) is 11.6 Å². The van der Waals surface area contributed by atoms with E-state index in [0.717, 1.165) is 0 Å². The van der Waals surface area contributed by atoms with Crippen molar-refractivity contribution in [2.24, 2.45) is 5.92 Å². The van der Waals surface area contributed by atoms with Gasteiger partial charge in [0.1, 0.15) is 0 Å². The van der Waals surface area contributed by atoms with E-state index in [1.54, 1.807) is 6.92 Å². The fourth-order valence-corrected chi connectivity index (χ4v) is 1.08. The van der Waals surface area contributed by atoms with Crippen LogP contribution in [0.5, 0.6) is 0 Å². The molecule has 2 amide bonds. The summed E-state index contributed by atoms with van der Waals surface area (Å²) in [5.74, 6) is -0.0738. The number of alkyl halides is 1. The largest absolute Gasteiger partial charge is 0.355 e. The number of amides is 2. The average Bonchev–Trinajstić information content (AvgIpc) is 2.15. The Morgan fingerprint density at radius 1 is 1.27 bits per heavy atom. The molecule has 0 aliphatic heterocycles. The summed E-state index contributed by atoms with van der Waals surface area (Å²) in [7, 11) is 0. The second-order valence-corrected chi connectivity index (χ2v) is 4.13. The number of carbonyl (C=O) groups is 2. The topological polar surface area (TPSA) is 58.2 Å². The van der Waals surface area contributed by atoms with Crippen LogP contribution in [0.15, 0.2) is 0 Å². The number of carbonyl (C=O) groups excluding carboxylic acids is 2. The molecule has 5 heteroatoms. The zero-order valence-corrected chi connectivity index (χ0v) is 10.2. The van der Waals surface area contributed by atoms with E-state index >= 15 is 0 Å². The predicted molar refractivity (Wildman–Crippen MR) is 60.8 cm³/mol. The van der Waals surface area contributed by atoms with Crippen LogP contribution in [0.4, 0.5) is 0 Å². The summed E-state index contributed by atoms with van der Waals surface area (Å²) in [6, 6.07) is 0.134. The van der Waals surface area contributed by atoms with Gasteiger partial charge >= 0.3 is 0 Å². The second-order valence-electron chi connectivity index (χ2n) is 3.82. The molecule has 1 unspecified atom stereocenters.